The number of ether oxygens (including phenoxy) is 1. The second-order valence-electron chi connectivity index (χ2n) is 7.36. The smallest absolute Gasteiger partial charge is 0.337 e. The SMILES string of the molecule is Cc1sc(C)c(C(OC(C)(C)C)C(=O)O)c1-c1cncc2ccccc12. The van der Waals surface area contributed by atoms with Gasteiger partial charge in [-0.2, -0.15) is 0 Å². The fourth-order valence-electron chi connectivity index (χ4n) is 3.25. The fraction of sp³-hybridized carbons (Fsp3) is 0.333. The number of fused-ring (bicyclic) bond motifs is 1. The molecule has 2 aromatic heterocycles. The van der Waals surface area contributed by atoms with E-state index in [9.17, 15) is 9.90 Å². The highest BCUT2D eigenvalue weighted by molar-refractivity contribution is 7.12. The van der Waals surface area contributed by atoms with Crippen molar-refractivity contribution in [3.8, 4) is 11.1 Å². The molecule has 0 fully saturated rings. The van der Waals surface area contributed by atoms with Gasteiger partial charge >= 0.3 is 5.97 Å². The third-order valence-corrected chi connectivity index (χ3v) is 5.24. The van der Waals surface area contributed by atoms with Crippen molar-refractivity contribution >= 4 is 28.1 Å². The largest absolute Gasteiger partial charge is 0.479 e. The molecule has 1 N–H and O–H groups in total. The molecule has 0 radical (unpaired) electrons. The Morgan fingerprint density at radius 2 is 1.85 bits per heavy atom. The lowest BCUT2D eigenvalue weighted by molar-refractivity contribution is -0.160. The average Bonchev–Trinajstić information content (AvgIpc) is 2.85. The Bertz CT molecular complexity index is 964. The van der Waals surface area contributed by atoms with E-state index in [1.165, 1.54) is 0 Å². The summed E-state index contributed by atoms with van der Waals surface area (Å²) in [6.45, 7) is 9.59. The molecule has 0 saturated carbocycles. The number of hydrogen-bond donors (Lipinski definition) is 1. The molecule has 0 saturated heterocycles. The van der Waals surface area contributed by atoms with E-state index in [2.05, 4.69) is 4.98 Å². The minimum Gasteiger partial charge on any atom is -0.479 e. The molecule has 5 heteroatoms. The molecule has 136 valence electrons. The molecule has 0 aliphatic heterocycles. The first-order chi connectivity index (χ1) is 12.2. The summed E-state index contributed by atoms with van der Waals surface area (Å²) in [6.07, 6.45) is 2.62. The van der Waals surface area contributed by atoms with Crippen LogP contribution in [0.5, 0.6) is 0 Å². The van der Waals surface area contributed by atoms with Crippen LogP contribution in [0, 0.1) is 13.8 Å². The first-order valence-electron chi connectivity index (χ1n) is 8.52. The van der Waals surface area contributed by atoms with Crippen LogP contribution in [0.15, 0.2) is 36.7 Å². The van der Waals surface area contributed by atoms with Crippen LogP contribution in [0.1, 0.15) is 42.2 Å². The van der Waals surface area contributed by atoms with Gasteiger partial charge in [-0.15, -0.1) is 11.3 Å². The predicted octanol–water partition coefficient (Wildman–Crippen LogP) is 5.52. The van der Waals surface area contributed by atoms with Gasteiger partial charge in [-0.1, -0.05) is 24.3 Å². The molecule has 1 unspecified atom stereocenters. The van der Waals surface area contributed by atoms with E-state index in [0.717, 1.165) is 37.2 Å². The standard InChI is InChI=1S/C21H23NO3S/c1-12-17(16-11-22-10-14-8-6-7-9-15(14)16)18(13(2)26-12)19(20(23)24)25-21(3,4)5/h6-11,19H,1-5H3,(H,23,24). The maximum absolute atomic E-state index is 12.1. The summed E-state index contributed by atoms with van der Waals surface area (Å²) < 4.78 is 5.94. The van der Waals surface area contributed by atoms with E-state index >= 15 is 0 Å². The quantitative estimate of drug-likeness (QED) is 0.658. The lowest BCUT2D eigenvalue weighted by Crippen LogP contribution is -2.27. The van der Waals surface area contributed by atoms with Crippen molar-refractivity contribution < 1.29 is 14.6 Å². The number of aromatic nitrogens is 1. The van der Waals surface area contributed by atoms with Gasteiger partial charge in [-0.05, 0) is 40.0 Å². The Balaban J connectivity index is 2.28. The second-order valence-corrected chi connectivity index (χ2v) is 8.79. The van der Waals surface area contributed by atoms with E-state index in [1.807, 2.05) is 71.3 Å². The van der Waals surface area contributed by atoms with Crippen LogP contribution in [0.2, 0.25) is 0 Å². The zero-order chi connectivity index (χ0) is 19.1. The van der Waals surface area contributed by atoms with Gasteiger partial charge in [0, 0.05) is 44.2 Å². The minimum absolute atomic E-state index is 0.570. The van der Waals surface area contributed by atoms with Crippen LogP contribution in [-0.4, -0.2) is 21.7 Å². The maximum atomic E-state index is 12.1. The summed E-state index contributed by atoms with van der Waals surface area (Å²) >= 11 is 1.60. The molecule has 0 aliphatic rings. The summed E-state index contributed by atoms with van der Waals surface area (Å²) in [5.74, 6) is -0.977. The van der Waals surface area contributed by atoms with E-state index in [1.54, 1.807) is 11.3 Å². The maximum Gasteiger partial charge on any atom is 0.337 e. The molecule has 0 bridgehead atoms. The summed E-state index contributed by atoms with van der Waals surface area (Å²) in [5, 5.41) is 12.0. The second kappa shape index (κ2) is 6.82. The molecule has 0 spiro atoms. The van der Waals surface area contributed by atoms with Gasteiger partial charge in [0.05, 0.1) is 5.60 Å². The highest BCUT2D eigenvalue weighted by Gasteiger charge is 2.32. The number of benzene rings is 1. The van der Waals surface area contributed by atoms with Crippen LogP contribution >= 0.6 is 11.3 Å². The van der Waals surface area contributed by atoms with Crippen molar-refractivity contribution in [3.63, 3.8) is 0 Å². The monoisotopic (exact) mass is 369 g/mol. The number of carbonyl (C=O) groups is 1. The van der Waals surface area contributed by atoms with Gasteiger partial charge in [0.25, 0.3) is 0 Å². The van der Waals surface area contributed by atoms with Gasteiger partial charge in [0.15, 0.2) is 6.10 Å². The van der Waals surface area contributed by atoms with E-state index in [0.29, 0.717) is 0 Å². The highest BCUT2D eigenvalue weighted by Crippen LogP contribution is 2.43. The van der Waals surface area contributed by atoms with Crippen molar-refractivity contribution in [3.05, 3.63) is 52.0 Å². The first kappa shape index (κ1) is 18.5. The zero-order valence-electron chi connectivity index (χ0n) is 15.7. The topological polar surface area (TPSA) is 59.4 Å². The van der Waals surface area contributed by atoms with Crippen molar-refractivity contribution in [2.75, 3.05) is 0 Å². The fourth-order valence-corrected chi connectivity index (χ4v) is 4.35. The van der Waals surface area contributed by atoms with Crippen LogP contribution in [0.25, 0.3) is 21.9 Å². The summed E-state index contributed by atoms with van der Waals surface area (Å²) in [5.41, 5.74) is 2.03. The van der Waals surface area contributed by atoms with Crippen molar-refractivity contribution in [1.82, 2.24) is 4.98 Å². The first-order valence-corrected chi connectivity index (χ1v) is 9.34. The summed E-state index contributed by atoms with van der Waals surface area (Å²) in [7, 11) is 0. The Morgan fingerprint density at radius 1 is 1.15 bits per heavy atom. The molecule has 1 atom stereocenters. The molecular weight excluding hydrogens is 346 g/mol. The molecule has 4 nitrogen and oxygen atoms in total. The number of aryl methyl sites for hydroxylation is 2. The number of aliphatic carboxylic acids is 1. The lowest BCUT2D eigenvalue weighted by Gasteiger charge is -2.26. The molecule has 1 aromatic carbocycles. The van der Waals surface area contributed by atoms with Crippen LogP contribution < -0.4 is 0 Å². The van der Waals surface area contributed by atoms with Crippen LogP contribution in [0.4, 0.5) is 0 Å². The molecule has 3 rings (SSSR count). The number of hydrogen-bond acceptors (Lipinski definition) is 4. The Morgan fingerprint density at radius 3 is 2.50 bits per heavy atom. The van der Waals surface area contributed by atoms with Crippen molar-refractivity contribution in [2.45, 2.75) is 46.3 Å². The normalized spacial score (nSPS) is 13.1. The van der Waals surface area contributed by atoms with Gasteiger partial charge < -0.3 is 9.84 Å². The van der Waals surface area contributed by atoms with Gasteiger partial charge in [0.2, 0.25) is 0 Å². The molecule has 0 amide bonds. The third kappa shape index (κ3) is 3.50. The third-order valence-electron chi connectivity index (χ3n) is 4.20. The molecular formula is C21H23NO3S. The van der Waals surface area contributed by atoms with E-state index in [4.69, 9.17) is 4.74 Å². The summed E-state index contributed by atoms with van der Waals surface area (Å²) in [4.78, 5) is 18.5. The highest BCUT2D eigenvalue weighted by atomic mass is 32.1. The van der Waals surface area contributed by atoms with Crippen molar-refractivity contribution in [1.29, 1.82) is 0 Å². The van der Waals surface area contributed by atoms with Gasteiger partial charge in [-0.25, -0.2) is 4.79 Å². The predicted molar refractivity (Wildman–Crippen MR) is 106 cm³/mol. The minimum atomic E-state index is -1.02. The van der Waals surface area contributed by atoms with Gasteiger partial charge in [0.1, 0.15) is 0 Å². The van der Waals surface area contributed by atoms with E-state index in [-0.39, 0.29) is 0 Å². The molecule has 2 heterocycles. The Labute approximate surface area is 157 Å². The number of nitrogens with zero attached hydrogens (tertiary/aromatic N) is 1. The number of thiophene rings is 1. The Kier molecular flexibility index (Phi) is 4.86. The van der Waals surface area contributed by atoms with Gasteiger partial charge in [-0.3, -0.25) is 4.98 Å². The molecule has 26 heavy (non-hydrogen) atoms. The average molecular weight is 369 g/mol. The zero-order valence-corrected chi connectivity index (χ0v) is 16.5. The number of carboxylic acids is 1. The van der Waals surface area contributed by atoms with Crippen LogP contribution in [0.3, 0.4) is 0 Å². The van der Waals surface area contributed by atoms with Crippen LogP contribution in [-0.2, 0) is 9.53 Å². The lowest BCUT2D eigenvalue weighted by atomic mass is 9.94. The molecule has 3 aromatic rings. The number of carboxylic acid groups (broad SMARTS) is 1. The van der Waals surface area contributed by atoms with E-state index < -0.39 is 17.7 Å². The molecule has 0 aliphatic carbocycles. The number of pyridine rings is 1. The Hall–Kier alpha value is -2.24. The summed E-state index contributed by atoms with van der Waals surface area (Å²) in [6, 6.07) is 8.02. The number of rotatable bonds is 4. The van der Waals surface area contributed by atoms with Crippen molar-refractivity contribution in [2.24, 2.45) is 0 Å².